The number of halogens is 3. The molecule has 194 valence electrons. The van der Waals surface area contributed by atoms with Gasteiger partial charge in [-0.25, -0.2) is 18.3 Å². The van der Waals surface area contributed by atoms with Crippen LogP contribution in [0.2, 0.25) is 5.02 Å². The summed E-state index contributed by atoms with van der Waals surface area (Å²) >= 11 is 5.79. The first-order valence-electron chi connectivity index (χ1n) is 11.5. The standard InChI is InChI=1S/C26H20ClF2N5O4/c1-12(35)14-3-4-16-15(7-14)8-22(36)23(16)33-25(37)20-9-21(34-24(32-20)19(29)11-31-34)26(38)30-10-13-2-5-18(28)17(27)6-13/h2-7,9,11,22-23,36H,8,10H2,1H3,(H,30,38)(H,33,37)/t22-,23+/m0/s1. The van der Waals surface area contributed by atoms with E-state index < -0.39 is 35.6 Å². The zero-order valence-electron chi connectivity index (χ0n) is 19.8. The number of carbonyl (C=O) groups is 3. The molecule has 2 aromatic heterocycles. The number of aromatic nitrogens is 3. The van der Waals surface area contributed by atoms with Crippen molar-refractivity contribution in [2.45, 2.75) is 32.0 Å². The smallest absolute Gasteiger partial charge is 0.270 e. The molecule has 0 fully saturated rings. The number of hydrogen-bond donors (Lipinski definition) is 3. The lowest BCUT2D eigenvalue weighted by Crippen LogP contribution is -2.35. The summed E-state index contributed by atoms with van der Waals surface area (Å²) in [6.07, 6.45) is 0.132. The Labute approximate surface area is 219 Å². The van der Waals surface area contributed by atoms with Gasteiger partial charge in [-0.2, -0.15) is 5.10 Å². The fraction of sp³-hybridized carbons (Fsp3) is 0.192. The summed E-state index contributed by atoms with van der Waals surface area (Å²) in [5, 5.41) is 19.6. The fourth-order valence-electron chi connectivity index (χ4n) is 4.38. The normalized spacial score (nSPS) is 16.3. The van der Waals surface area contributed by atoms with Gasteiger partial charge < -0.3 is 15.7 Å². The van der Waals surface area contributed by atoms with Crippen molar-refractivity contribution in [3.05, 3.63) is 99.0 Å². The van der Waals surface area contributed by atoms with Gasteiger partial charge in [0.2, 0.25) is 0 Å². The number of amides is 2. The van der Waals surface area contributed by atoms with E-state index in [2.05, 4.69) is 20.7 Å². The quantitative estimate of drug-likeness (QED) is 0.323. The molecule has 2 amide bonds. The minimum Gasteiger partial charge on any atom is -0.390 e. The summed E-state index contributed by atoms with van der Waals surface area (Å²) in [5.41, 5.74) is 1.59. The first kappa shape index (κ1) is 25.4. The van der Waals surface area contributed by atoms with Crippen LogP contribution in [0.5, 0.6) is 0 Å². The Morgan fingerprint density at radius 2 is 1.89 bits per heavy atom. The largest absolute Gasteiger partial charge is 0.390 e. The van der Waals surface area contributed by atoms with Gasteiger partial charge in [-0.15, -0.1) is 0 Å². The summed E-state index contributed by atoms with van der Waals surface area (Å²) in [6, 6.07) is 9.28. The van der Waals surface area contributed by atoms with Crippen LogP contribution in [-0.2, 0) is 13.0 Å². The highest BCUT2D eigenvalue weighted by Gasteiger charge is 2.33. The molecule has 0 spiro atoms. The van der Waals surface area contributed by atoms with E-state index in [4.69, 9.17) is 11.6 Å². The van der Waals surface area contributed by atoms with E-state index in [0.29, 0.717) is 16.7 Å². The molecule has 2 aromatic carbocycles. The molecule has 2 heterocycles. The molecule has 0 unspecified atom stereocenters. The Balaban J connectivity index is 1.41. The van der Waals surface area contributed by atoms with Gasteiger partial charge in [0.1, 0.15) is 17.2 Å². The van der Waals surface area contributed by atoms with Crippen molar-refractivity contribution in [2.75, 3.05) is 0 Å². The van der Waals surface area contributed by atoms with Crippen molar-refractivity contribution < 1.29 is 28.3 Å². The maximum absolute atomic E-state index is 14.4. The van der Waals surface area contributed by atoms with E-state index in [1.54, 1.807) is 18.2 Å². The van der Waals surface area contributed by atoms with Crippen LogP contribution in [0.1, 0.15) is 61.0 Å². The lowest BCUT2D eigenvalue weighted by atomic mass is 10.0. The van der Waals surface area contributed by atoms with Gasteiger partial charge in [0.15, 0.2) is 17.2 Å². The number of benzene rings is 2. The molecule has 9 nitrogen and oxygen atoms in total. The Hall–Kier alpha value is -4.22. The lowest BCUT2D eigenvalue weighted by Gasteiger charge is -2.18. The average molecular weight is 540 g/mol. The molecule has 38 heavy (non-hydrogen) atoms. The molecule has 0 bridgehead atoms. The van der Waals surface area contributed by atoms with Crippen molar-refractivity contribution in [1.29, 1.82) is 0 Å². The van der Waals surface area contributed by atoms with Gasteiger partial charge in [0.25, 0.3) is 11.8 Å². The van der Waals surface area contributed by atoms with Crippen molar-refractivity contribution in [3.63, 3.8) is 0 Å². The van der Waals surface area contributed by atoms with Crippen molar-refractivity contribution in [1.82, 2.24) is 25.2 Å². The summed E-state index contributed by atoms with van der Waals surface area (Å²) in [5.74, 6) is -3.02. The molecule has 1 aliphatic rings. The molecule has 5 rings (SSSR count). The Morgan fingerprint density at radius 3 is 2.63 bits per heavy atom. The molecule has 1 aliphatic carbocycles. The summed E-state index contributed by atoms with van der Waals surface area (Å²) in [4.78, 5) is 41.9. The van der Waals surface area contributed by atoms with Gasteiger partial charge in [-0.1, -0.05) is 29.8 Å². The van der Waals surface area contributed by atoms with Crippen LogP contribution < -0.4 is 10.6 Å². The number of nitrogens with zero attached hydrogens (tertiary/aromatic N) is 3. The molecule has 12 heteroatoms. The van der Waals surface area contributed by atoms with E-state index in [1.807, 2.05) is 0 Å². The number of carbonyl (C=O) groups excluding carboxylic acids is 3. The molecule has 0 saturated heterocycles. The van der Waals surface area contributed by atoms with E-state index in [1.165, 1.54) is 19.1 Å². The highest BCUT2D eigenvalue weighted by Crippen LogP contribution is 2.32. The monoisotopic (exact) mass is 539 g/mol. The molecule has 3 N–H and O–H groups in total. The fourth-order valence-corrected chi connectivity index (χ4v) is 4.58. The highest BCUT2D eigenvalue weighted by molar-refractivity contribution is 6.30. The topological polar surface area (TPSA) is 126 Å². The van der Waals surface area contributed by atoms with E-state index >= 15 is 0 Å². The van der Waals surface area contributed by atoms with E-state index in [0.717, 1.165) is 28.4 Å². The third-order valence-electron chi connectivity index (χ3n) is 6.32. The molecule has 0 aliphatic heterocycles. The Bertz CT molecular complexity index is 1620. The molecule has 0 radical (unpaired) electrons. The molecule has 2 atom stereocenters. The zero-order chi connectivity index (χ0) is 27.1. The van der Waals surface area contributed by atoms with E-state index in [9.17, 15) is 28.3 Å². The molecule has 0 saturated carbocycles. The van der Waals surface area contributed by atoms with Gasteiger partial charge >= 0.3 is 0 Å². The van der Waals surface area contributed by atoms with E-state index in [-0.39, 0.29) is 40.8 Å². The number of nitrogens with one attached hydrogen (secondary N) is 2. The maximum atomic E-state index is 14.4. The maximum Gasteiger partial charge on any atom is 0.270 e. The molecular formula is C26H20ClF2N5O4. The first-order chi connectivity index (χ1) is 18.1. The summed E-state index contributed by atoms with van der Waals surface area (Å²) in [7, 11) is 0. The zero-order valence-corrected chi connectivity index (χ0v) is 20.6. The van der Waals surface area contributed by atoms with Gasteiger partial charge in [-0.05, 0) is 41.8 Å². The number of ketones is 1. The summed E-state index contributed by atoms with van der Waals surface area (Å²) < 4.78 is 28.8. The lowest BCUT2D eigenvalue weighted by molar-refractivity contribution is 0.0853. The van der Waals surface area contributed by atoms with Gasteiger partial charge in [-0.3, -0.25) is 14.4 Å². The number of aliphatic hydroxyl groups excluding tert-OH is 1. The van der Waals surface area contributed by atoms with Crippen LogP contribution in [0.15, 0.2) is 48.7 Å². The second-order valence-corrected chi connectivity index (χ2v) is 9.29. The van der Waals surface area contributed by atoms with Gasteiger partial charge in [0.05, 0.1) is 23.4 Å². The number of aliphatic hydroxyl groups is 1. The van der Waals surface area contributed by atoms with Crippen LogP contribution in [0.4, 0.5) is 8.78 Å². The van der Waals surface area contributed by atoms with Crippen LogP contribution in [0, 0.1) is 11.6 Å². The Morgan fingerprint density at radius 1 is 1.11 bits per heavy atom. The second-order valence-electron chi connectivity index (χ2n) is 8.88. The number of Topliss-reactive ketones (excluding diaryl/α,β-unsaturated/α-hetero) is 1. The van der Waals surface area contributed by atoms with Crippen LogP contribution in [0.25, 0.3) is 5.65 Å². The first-order valence-corrected chi connectivity index (χ1v) is 11.9. The predicted octanol–water partition coefficient (Wildman–Crippen LogP) is 3.18. The number of fused-ring (bicyclic) bond motifs is 2. The van der Waals surface area contributed by atoms with Crippen molar-refractivity contribution in [2.24, 2.45) is 0 Å². The SMILES string of the molecule is CC(=O)c1ccc2c(c1)C[C@H](O)[C@@H]2NC(=O)c1cc(C(=O)NCc2ccc(F)c(Cl)c2)n2ncc(F)c2n1. The average Bonchev–Trinajstić information content (AvgIpc) is 3.42. The van der Waals surface area contributed by atoms with Crippen LogP contribution in [0.3, 0.4) is 0 Å². The van der Waals surface area contributed by atoms with Gasteiger partial charge in [0, 0.05) is 24.6 Å². The van der Waals surface area contributed by atoms with Crippen molar-refractivity contribution in [3.8, 4) is 0 Å². The minimum atomic E-state index is -0.961. The number of hydrogen-bond acceptors (Lipinski definition) is 6. The summed E-state index contributed by atoms with van der Waals surface area (Å²) in [6.45, 7) is 1.41. The second kappa shape index (κ2) is 9.92. The third kappa shape index (κ3) is 4.73. The highest BCUT2D eigenvalue weighted by atomic mass is 35.5. The predicted molar refractivity (Wildman–Crippen MR) is 132 cm³/mol. The number of rotatable bonds is 6. The van der Waals surface area contributed by atoms with Crippen LogP contribution in [-0.4, -0.2) is 43.4 Å². The third-order valence-corrected chi connectivity index (χ3v) is 6.61. The van der Waals surface area contributed by atoms with Crippen LogP contribution >= 0.6 is 11.6 Å². The minimum absolute atomic E-state index is 0.0266. The molecular weight excluding hydrogens is 520 g/mol. The Kier molecular flexibility index (Phi) is 6.64. The molecule has 4 aromatic rings. The van der Waals surface area contributed by atoms with Crippen molar-refractivity contribution >= 4 is 34.8 Å².